The van der Waals surface area contributed by atoms with Crippen molar-refractivity contribution >= 4 is 11.9 Å². The maximum absolute atomic E-state index is 11.9. The van der Waals surface area contributed by atoms with Gasteiger partial charge in [-0.2, -0.15) is 13.2 Å². The van der Waals surface area contributed by atoms with Crippen LogP contribution in [0.5, 0.6) is 5.75 Å². The average molecular weight is 244 g/mol. The summed E-state index contributed by atoms with van der Waals surface area (Å²) < 4.78 is 40.9. The van der Waals surface area contributed by atoms with Crippen molar-refractivity contribution in [1.29, 1.82) is 0 Å². The number of alkyl halides is 3. The van der Waals surface area contributed by atoms with Crippen LogP contribution >= 0.6 is 0 Å². The van der Waals surface area contributed by atoms with E-state index in [1.54, 1.807) is 24.3 Å². The first-order chi connectivity index (χ1) is 7.93. The van der Waals surface area contributed by atoms with E-state index in [2.05, 4.69) is 0 Å². The van der Waals surface area contributed by atoms with Gasteiger partial charge in [0.25, 0.3) is 5.78 Å². The van der Waals surface area contributed by atoms with Gasteiger partial charge in [-0.1, -0.05) is 18.2 Å². The Morgan fingerprint density at radius 3 is 2.35 bits per heavy atom. The molecule has 17 heavy (non-hydrogen) atoms. The zero-order valence-electron chi connectivity index (χ0n) is 9.12. The number of carbonyl (C=O) groups is 1. The molecule has 0 radical (unpaired) electrons. The van der Waals surface area contributed by atoms with Crippen LogP contribution in [0, 0.1) is 0 Å². The van der Waals surface area contributed by atoms with Gasteiger partial charge in [0.2, 0.25) is 0 Å². The molecule has 0 saturated carbocycles. The topological polar surface area (TPSA) is 26.3 Å². The van der Waals surface area contributed by atoms with E-state index in [9.17, 15) is 18.0 Å². The summed E-state index contributed by atoms with van der Waals surface area (Å²) in [5, 5.41) is 0. The Bertz CT molecular complexity index is 405. The molecule has 0 aliphatic rings. The van der Waals surface area contributed by atoms with E-state index in [0.717, 1.165) is 6.08 Å². The number of ether oxygens (including phenoxy) is 1. The Balaban J connectivity index is 2.69. The van der Waals surface area contributed by atoms with Crippen LogP contribution in [0.2, 0.25) is 0 Å². The Hall–Kier alpha value is -1.78. The summed E-state index contributed by atoms with van der Waals surface area (Å²) in [4.78, 5) is 10.6. The molecule has 0 bridgehead atoms. The van der Waals surface area contributed by atoms with Crippen molar-refractivity contribution in [1.82, 2.24) is 0 Å². The lowest BCUT2D eigenvalue weighted by Gasteiger charge is -2.02. The zero-order valence-corrected chi connectivity index (χ0v) is 9.12. The lowest BCUT2D eigenvalue weighted by Crippen LogP contribution is -2.19. The van der Waals surface area contributed by atoms with Crippen molar-refractivity contribution in [3.8, 4) is 5.75 Å². The highest BCUT2D eigenvalue weighted by Crippen LogP contribution is 2.18. The summed E-state index contributed by atoms with van der Waals surface area (Å²) in [6, 6.07) is 6.40. The van der Waals surface area contributed by atoms with Crippen LogP contribution in [-0.2, 0) is 4.79 Å². The number of halogens is 3. The fourth-order valence-corrected chi connectivity index (χ4v) is 1.11. The van der Waals surface area contributed by atoms with E-state index >= 15 is 0 Å². The molecular weight excluding hydrogens is 233 g/mol. The first kappa shape index (κ1) is 13.3. The van der Waals surface area contributed by atoms with Crippen LogP contribution in [0.1, 0.15) is 12.5 Å². The number of allylic oxidation sites excluding steroid dienone is 1. The highest BCUT2D eigenvalue weighted by molar-refractivity contribution is 5.97. The molecule has 5 heteroatoms. The summed E-state index contributed by atoms with van der Waals surface area (Å²) in [6.07, 6.45) is -3.19. The van der Waals surface area contributed by atoms with Crippen molar-refractivity contribution in [3.63, 3.8) is 0 Å². The molecule has 0 unspecified atom stereocenters. The summed E-state index contributed by atoms with van der Waals surface area (Å²) in [6.45, 7) is 2.34. The molecule has 0 aromatic heterocycles. The molecule has 0 atom stereocenters. The minimum absolute atomic E-state index is 0.506. The third-order valence-electron chi connectivity index (χ3n) is 1.90. The quantitative estimate of drug-likeness (QED) is 0.760. The van der Waals surface area contributed by atoms with Gasteiger partial charge in [0.05, 0.1) is 6.61 Å². The predicted octanol–water partition coefficient (Wildman–Crippen LogP) is 3.23. The van der Waals surface area contributed by atoms with Gasteiger partial charge < -0.3 is 4.74 Å². The van der Waals surface area contributed by atoms with E-state index in [1.165, 1.54) is 0 Å². The number of benzene rings is 1. The average Bonchev–Trinajstić information content (AvgIpc) is 2.27. The van der Waals surface area contributed by atoms with Crippen LogP contribution in [0.3, 0.4) is 0 Å². The van der Waals surface area contributed by atoms with Crippen molar-refractivity contribution in [2.45, 2.75) is 13.1 Å². The minimum atomic E-state index is -4.82. The zero-order chi connectivity index (χ0) is 12.9. The van der Waals surface area contributed by atoms with Crippen molar-refractivity contribution in [3.05, 3.63) is 35.9 Å². The minimum Gasteiger partial charge on any atom is -0.494 e. The Morgan fingerprint density at radius 1 is 1.29 bits per heavy atom. The molecule has 0 heterocycles. The Morgan fingerprint density at radius 2 is 1.88 bits per heavy atom. The molecule has 0 N–H and O–H groups in total. The molecule has 1 rings (SSSR count). The first-order valence-corrected chi connectivity index (χ1v) is 4.95. The smallest absolute Gasteiger partial charge is 0.454 e. The summed E-state index contributed by atoms with van der Waals surface area (Å²) in [5.41, 5.74) is 0.506. The van der Waals surface area contributed by atoms with Crippen LogP contribution in [-0.4, -0.2) is 18.6 Å². The number of ketones is 1. The summed E-state index contributed by atoms with van der Waals surface area (Å²) in [5.74, 6) is -1.24. The van der Waals surface area contributed by atoms with Gasteiger partial charge in [0.1, 0.15) is 5.75 Å². The second kappa shape index (κ2) is 5.52. The largest absolute Gasteiger partial charge is 0.494 e. The lowest BCUT2D eigenvalue weighted by atomic mass is 10.2. The van der Waals surface area contributed by atoms with Crippen LogP contribution < -0.4 is 4.74 Å². The molecule has 1 aromatic rings. The second-order valence-corrected chi connectivity index (χ2v) is 3.20. The van der Waals surface area contributed by atoms with Gasteiger partial charge in [0.15, 0.2) is 0 Å². The number of hydrogen-bond donors (Lipinski definition) is 0. The molecule has 1 aromatic carbocycles. The van der Waals surface area contributed by atoms with Crippen molar-refractivity contribution < 1.29 is 22.7 Å². The second-order valence-electron chi connectivity index (χ2n) is 3.20. The fourth-order valence-electron chi connectivity index (χ4n) is 1.11. The van der Waals surface area contributed by atoms with E-state index in [-0.39, 0.29) is 0 Å². The Labute approximate surface area is 96.7 Å². The molecule has 0 spiro atoms. The van der Waals surface area contributed by atoms with E-state index in [4.69, 9.17) is 4.74 Å². The number of carbonyl (C=O) groups excluding carboxylic acids is 1. The monoisotopic (exact) mass is 244 g/mol. The summed E-state index contributed by atoms with van der Waals surface area (Å²) in [7, 11) is 0. The normalized spacial score (nSPS) is 11.8. The SMILES string of the molecule is CCOc1ccc(/C=C/C(=O)C(F)(F)F)cc1. The molecule has 2 nitrogen and oxygen atoms in total. The third-order valence-corrected chi connectivity index (χ3v) is 1.90. The maximum Gasteiger partial charge on any atom is 0.454 e. The standard InChI is InChI=1S/C12H11F3O2/c1-2-17-10-6-3-9(4-7-10)5-8-11(16)12(13,14)15/h3-8H,2H2,1H3/b8-5+. The summed E-state index contributed by atoms with van der Waals surface area (Å²) >= 11 is 0. The highest BCUT2D eigenvalue weighted by atomic mass is 19.4. The molecule has 0 amide bonds. The lowest BCUT2D eigenvalue weighted by molar-refractivity contribution is -0.165. The van der Waals surface area contributed by atoms with E-state index in [1.807, 2.05) is 6.92 Å². The fraction of sp³-hybridized carbons (Fsp3) is 0.250. The molecule has 92 valence electrons. The molecule has 0 fully saturated rings. The van der Waals surface area contributed by atoms with E-state index in [0.29, 0.717) is 24.0 Å². The first-order valence-electron chi connectivity index (χ1n) is 4.95. The van der Waals surface area contributed by atoms with Crippen LogP contribution in [0.25, 0.3) is 6.08 Å². The Kier molecular flexibility index (Phi) is 4.31. The highest BCUT2D eigenvalue weighted by Gasteiger charge is 2.35. The van der Waals surface area contributed by atoms with Crippen LogP contribution in [0.15, 0.2) is 30.3 Å². The van der Waals surface area contributed by atoms with Gasteiger partial charge in [-0.25, -0.2) is 0 Å². The van der Waals surface area contributed by atoms with E-state index < -0.39 is 12.0 Å². The third kappa shape index (κ3) is 4.30. The van der Waals surface area contributed by atoms with Gasteiger partial charge in [-0.15, -0.1) is 0 Å². The number of hydrogen-bond acceptors (Lipinski definition) is 2. The molecule has 0 aliphatic heterocycles. The maximum atomic E-state index is 11.9. The van der Waals surface area contributed by atoms with Crippen molar-refractivity contribution in [2.24, 2.45) is 0 Å². The van der Waals surface area contributed by atoms with Crippen LogP contribution in [0.4, 0.5) is 13.2 Å². The predicted molar refractivity (Wildman–Crippen MR) is 57.7 cm³/mol. The van der Waals surface area contributed by atoms with Gasteiger partial charge in [-0.05, 0) is 30.7 Å². The molecule has 0 saturated heterocycles. The number of rotatable bonds is 4. The molecule has 0 aliphatic carbocycles. The van der Waals surface area contributed by atoms with Gasteiger partial charge >= 0.3 is 6.18 Å². The van der Waals surface area contributed by atoms with Gasteiger partial charge in [0, 0.05) is 0 Å². The van der Waals surface area contributed by atoms with Crippen molar-refractivity contribution in [2.75, 3.05) is 6.61 Å². The molecular formula is C12H11F3O2. The van der Waals surface area contributed by atoms with Gasteiger partial charge in [-0.3, -0.25) is 4.79 Å².